The van der Waals surface area contributed by atoms with Gasteiger partial charge in [-0.05, 0) is 50.7 Å². The standard InChI is InChI=1S/C25H32N6O2/c1-29-20-8-4-3-7-19(20)24(32)30(2)22-16-26-23(15-21(22)29)27-17-9-11-18(12-10-17)28-25(33)31-13-5-6-14-31/h3-4,7-8,15-18H,5-6,9-14H2,1-2H3,(H,26,27)(H,28,33)/t17-,18-. The summed E-state index contributed by atoms with van der Waals surface area (Å²) in [6.07, 6.45) is 7.91. The molecule has 1 saturated heterocycles. The van der Waals surface area contributed by atoms with E-state index in [0.717, 1.165) is 74.5 Å². The molecule has 1 aromatic heterocycles. The molecule has 3 aliphatic rings. The van der Waals surface area contributed by atoms with Crippen LogP contribution in [0.5, 0.6) is 0 Å². The summed E-state index contributed by atoms with van der Waals surface area (Å²) in [6, 6.07) is 10.4. The average Bonchev–Trinajstić information content (AvgIpc) is 3.37. The summed E-state index contributed by atoms with van der Waals surface area (Å²) in [5, 5.41) is 6.80. The van der Waals surface area contributed by atoms with Crippen LogP contribution in [0, 0.1) is 0 Å². The fraction of sp³-hybridized carbons (Fsp3) is 0.480. The quantitative estimate of drug-likeness (QED) is 0.743. The fourth-order valence-electron chi connectivity index (χ4n) is 5.19. The second kappa shape index (κ2) is 8.92. The smallest absolute Gasteiger partial charge is 0.317 e. The van der Waals surface area contributed by atoms with Crippen molar-refractivity contribution in [2.45, 2.75) is 50.6 Å². The Labute approximate surface area is 195 Å². The first-order chi connectivity index (χ1) is 16.0. The van der Waals surface area contributed by atoms with Crippen LogP contribution in [0.15, 0.2) is 36.5 Å². The molecule has 0 atom stereocenters. The van der Waals surface area contributed by atoms with Gasteiger partial charge in [-0.1, -0.05) is 12.1 Å². The molecule has 3 amide bonds. The Hall–Kier alpha value is -3.29. The molecular weight excluding hydrogens is 416 g/mol. The fourth-order valence-corrected chi connectivity index (χ4v) is 5.19. The molecule has 2 N–H and O–H groups in total. The van der Waals surface area contributed by atoms with Crippen molar-refractivity contribution in [1.82, 2.24) is 15.2 Å². The van der Waals surface area contributed by atoms with E-state index in [1.54, 1.807) is 18.1 Å². The molecule has 1 saturated carbocycles. The molecule has 2 fully saturated rings. The molecule has 0 unspecified atom stereocenters. The molecule has 3 heterocycles. The van der Waals surface area contributed by atoms with E-state index in [4.69, 9.17) is 0 Å². The zero-order valence-electron chi connectivity index (χ0n) is 19.4. The number of fused-ring (bicyclic) bond motifs is 2. The van der Waals surface area contributed by atoms with Crippen LogP contribution in [0.1, 0.15) is 48.9 Å². The first-order valence-corrected chi connectivity index (χ1v) is 11.9. The molecule has 1 aromatic carbocycles. The summed E-state index contributed by atoms with van der Waals surface area (Å²) in [5.41, 5.74) is 3.31. The predicted molar refractivity (Wildman–Crippen MR) is 130 cm³/mol. The van der Waals surface area contributed by atoms with Crippen LogP contribution < -0.4 is 20.4 Å². The molecule has 33 heavy (non-hydrogen) atoms. The van der Waals surface area contributed by atoms with Gasteiger partial charge in [-0.15, -0.1) is 0 Å². The minimum Gasteiger partial charge on any atom is -0.367 e. The maximum absolute atomic E-state index is 13.0. The van der Waals surface area contributed by atoms with Crippen molar-refractivity contribution in [2.24, 2.45) is 0 Å². The largest absolute Gasteiger partial charge is 0.367 e. The SMILES string of the molecule is CN1C(=O)c2ccccc2N(C)c2cc(N[C@H]3CC[C@H](NC(=O)N4CCCC4)CC3)ncc21. The lowest BCUT2D eigenvalue weighted by Crippen LogP contribution is -2.46. The number of nitrogens with one attached hydrogen (secondary N) is 2. The number of anilines is 4. The van der Waals surface area contributed by atoms with E-state index >= 15 is 0 Å². The minimum absolute atomic E-state index is 0.0343. The molecule has 174 valence electrons. The van der Waals surface area contributed by atoms with Gasteiger partial charge in [0.05, 0.1) is 28.8 Å². The predicted octanol–water partition coefficient (Wildman–Crippen LogP) is 3.97. The maximum Gasteiger partial charge on any atom is 0.317 e. The van der Waals surface area contributed by atoms with Gasteiger partial charge in [0.1, 0.15) is 5.82 Å². The van der Waals surface area contributed by atoms with Crippen molar-refractivity contribution in [3.63, 3.8) is 0 Å². The van der Waals surface area contributed by atoms with Crippen LogP contribution >= 0.6 is 0 Å². The van der Waals surface area contributed by atoms with Gasteiger partial charge in [-0.3, -0.25) is 4.79 Å². The first-order valence-electron chi connectivity index (χ1n) is 11.9. The Morgan fingerprint density at radius 1 is 0.939 bits per heavy atom. The van der Waals surface area contributed by atoms with Crippen LogP contribution in [0.4, 0.5) is 27.7 Å². The number of rotatable bonds is 3. The topological polar surface area (TPSA) is 80.8 Å². The number of benzene rings is 1. The van der Waals surface area contributed by atoms with Gasteiger partial charge in [0.2, 0.25) is 0 Å². The van der Waals surface area contributed by atoms with Gasteiger partial charge < -0.3 is 25.3 Å². The first kappa shape index (κ1) is 21.6. The number of likely N-dealkylation sites (tertiary alicyclic amines) is 1. The molecule has 2 aliphatic heterocycles. The van der Waals surface area contributed by atoms with Crippen LogP contribution in [-0.2, 0) is 0 Å². The van der Waals surface area contributed by atoms with Gasteiger partial charge in [-0.25, -0.2) is 9.78 Å². The molecule has 0 radical (unpaired) electrons. The Bertz CT molecular complexity index is 1040. The zero-order valence-corrected chi connectivity index (χ0v) is 19.4. The zero-order chi connectivity index (χ0) is 22.9. The highest BCUT2D eigenvalue weighted by Gasteiger charge is 2.29. The highest BCUT2D eigenvalue weighted by molar-refractivity contribution is 6.13. The number of para-hydroxylation sites is 1. The number of hydrogen-bond acceptors (Lipinski definition) is 5. The summed E-state index contributed by atoms with van der Waals surface area (Å²) < 4.78 is 0. The normalized spacial score (nSPS) is 22.5. The lowest BCUT2D eigenvalue weighted by molar-refractivity contribution is 0.0994. The van der Waals surface area contributed by atoms with Crippen LogP contribution in [0.25, 0.3) is 0 Å². The lowest BCUT2D eigenvalue weighted by atomic mass is 9.91. The summed E-state index contributed by atoms with van der Waals surface area (Å²) in [4.78, 5) is 35.6. The van der Waals surface area contributed by atoms with Gasteiger partial charge in [-0.2, -0.15) is 0 Å². The van der Waals surface area contributed by atoms with E-state index in [0.29, 0.717) is 11.6 Å². The van der Waals surface area contributed by atoms with Gasteiger partial charge >= 0.3 is 6.03 Å². The molecule has 2 aromatic rings. The van der Waals surface area contributed by atoms with E-state index in [9.17, 15) is 9.59 Å². The number of urea groups is 1. The number of pyridine rings is 1. The van der Waals surface area contributed by atoms with E-state index in [1.165, 1.54) is 0 Å². The Kier molecular flexibility index (Phi) is 5.83. The van der Waals surface area contributed by atoms with Crippen molar-refractivity contribution < 1.29 is 9.59 Å². The Balaban J connectivity index is 1.25. The minimum atomic E-state index is -0.0343. The molecule has 8 nitrogen and oxygen atoms in total. The highest BCUT2D eigenvalue weighted by atomic mass is 16.2. The van der Waals surface area contributed by atoms with E-state index in [1.807, 2.05) is 42.3 Å². The van der Waals surface area contributed by atoms with E-state index in [2.05, 4.69) is 20.5 Å². The van der Waals surface area contributed by atoms with Crippen LogP contribution in [0.2, 0.25) is 0 Å². The van der Waals surface area contributed by atoms with Crippen LogP contribution in [-0.4, -0.2) is 61.1 Å². The molecule has 5 rings (SSSR count). The summed E-state index contributed by atoms with van der Waals surface area (Å²) in [7, 11) is 3.78. The molecule has 0 spiro atoms. The molecule has 8 heteroatoms. The van der Waals surface area contributed by atoms with E-state index < -0.39 is 0 Å². The number of nitrogens with zero attached hydrogens (tertiary/aromatic N) is 4. The van der Waals surface area contributed by atoms with E-state index in [-0.39, 0.29) is 18.0 Å². The Morgan fingerprint density at radius 3 is 2.39 bits per heavy atom. The maximum atomic E-state index is 13.0. The number of carbonyl (C=O) groups excluding carboxylic acids is 2. The third-order valence-corrected chi connectivity index (χ3v) is 7.19. The van der Waals surface area contributed by atoms with Crippen molar-refractivity contribution in [2.75, 3.05) is 42.3 Å². The van der Waals surface area contributed by atoms with Gasteiger partial charge in [0.15, 0.2) is 0 Å². The number of amides is 3. The molecule has 1 aliphatic carbocycles. The second-order valence-corrected chi connectivity index (χ2v) is 9.34. The number of aromatic nitrogens is 1. The van der Waals surface area contributed by atoms with Crippen molar-refractivity contribution in [1.29, 1.82) is 0 Å². The van der Waals surface area contributed by atoms with Gasteiger partial charge in [0, 0.05) is 45.3 Å². The molecule has 0 bridgehead atoms. The summed E-state index contributed by atoms with van der Waals surface area (Å²) >= 11 is 0. The van der Waals surface area contributed by atoms with Crippen LogP contribution in [0.3, 0.4) is 0 Å². The summed E-state index contributed by atoms with van der Waals surface area (Å²) in [5.74, 6) is 0.776. The average molecular weight is 449 g/mol. The van der Waals surface area contributed by atoms with Crippen molar-refractivity contribution in [3.8, 4) is 0 Å². The third kappa shape index (κ3) is 4.21. The highest BCUT2D eigenvalue weighted by Crippen LogP contribution is 2.40. The third-order valence-electron chi connectivity index (χ3n) is 7.19. The lowest BCUT2D eigenvalue weighted by Gasteiger charge is -2.31. The van der Waals surface area contributed by atoms with Crippen molar-refractivity contribution in [3.05, 3.63) is 42.1 Å². The summed E-state index contributed by atoms with van der Waals surface area (Å²) in [6.45, 7) is 1.76. The van der Waals surface area contributed by atoms with Crippen molar-refractivity contribution >= 4 is 34.8 Å². The second-order valence-electron chi connectivity index (χ2n) is 9.34. The Morgan fingerprint density at radius 2 is 1.64 bits per heavy atom. The monoisotopic (exact) mass is 448 g/mol. The number of hydrogen-bond donors (Lipinski definition) is 2. The molecular formula is C25H32N6O2. The van der Waals surface area contributed by atoms with Gasteiger partial charge in [0.25, 0.3) is 5.91 Å². The number of carbonyl (C=O) groups is 2.